The summed E-state index contributed by atoms with van der Waals surface area (Å²) in [4.78, 5) is 0. The zero-order valence-electron chi connectivity index (χ0n) is 8.32. The first-order valence-corrected chi connectivity index (χ1v) is 4.62. The summed E-state index contributed by atoms with van der Waals surface area (Å²) < 4.78 is 5.51. The summed E-state index contributed by atoms with van der Waals surface area (Å²) in [7, 11) is 1.73. The van der Waals surface area contributed by atoms with Crippen molar-refractivity contribution < 1.29 is 4.42 Å². The number of nitrogens with zero attached hydrogens (tertiary/aromatic N) is 1. The largest absolute Gasteiger partial charge is 0.439 e. The summed E-state index contributed by atoms with van der Waals surface area (Å²) in [5.41, 5.74) is 1.49. The Hall–Kier alpha value is -2.21. The summed E-state index contributed by atoms with van der Waals surface area (Å²) >= 11 is 0. The Kier molecular flexibility index (Phi) is 2.42. The summed E-state index contributed by atoms with van der Waals surface area (Å²) in [6.07, 6.45) is 0. The first-order valence-electron chi connectivity index (χ1n) is 4.62. The van der Waals surface area contributed by atoms with Crippen LogP contribution in [0.5, 0.6) is 0 Å². The number of rotatable bonds is 2. The molecule has 3 nitrogen and oxygen atoms in total. The van der Waals surface area contributed by atoms with Gasteiger partial charge in [-0.1, -0.05) is 30.3 Å². The molecule has 1 aromatic heterocycles. The minimum atomic E-state index is 0.511. The van der Waals surface area contributed by atoms with Crippen molar-refractivity contribution in [3.05, 3.63) is 42.0 Å². The lowest BCUT2D eigenvalue weighted by atomic mass is 10.1. The van der Waals surface area contributed by atoms with Crippen LogP contribution in [-0.4, -0.2) is 7.05 Å². The zero-order valence-corrected chi connectivity index (χ0v) is 8.32. The lowest BCUT2D eigenvalue weighted by molar-refractivity contribution is 0.597. The number of hydrogen-bond donors (Lipinski definition) is 1. The maximum absolute atomic E-state index is 8.86. The second kappa shape index (κ2) is 3.89. The van der Waals surface area contributed by atoms with Crippen LogP contribution in [0.4, 0.5) is 5.88 Å². The van der Waals surface area contributed by atoms with Crippen LogP contribution < -0.4 is 5.32 Å². The van der Waals surface area contributed by atoms with Crippen molar-refractivity contribution >= 4 is 5.88 Å². The molecule has 0 fully saturated rings. The van der Waals surface area contributed by atoms with Gasteiger partial charge in [0.1, 0.15) is 17.4 Å². The SMILES string of the molecule is CNc1oc(-c2ccccc2)cc1C#N. The molecule has 0 aliphatic rings. The lowest BCUT2D eigenvalue weighted by Crippen LogP contribution is -1.86. The van der Waals surface area contributed by atoms with Crippen LogP contribution in [0.15, 0.2) is 40.8 Å². The van der Waals surface area contributed by atoms with E-state index < -0.39 is 0 Å². The van der Waals surface area contributed by atoms with Gasteiger partial charge in [-0.3, -0.25) is 0 Å². The Labute approximate surface area is 88.0 Å². The highest BCUT2D eigenvalue weighted by molar-refractivity contribution is 5.64. The third kappa shape index (κ3) is 1.70. The van der Waals surface area contributed by atoms with Crippen LogP contribution in [0.25, 0.3) is 11.3 Å². The fourth-order valence-corrected chi connectivity index (χ4v) is 1.40. The van der Waals surface area contributed by atoms with Gasteiger partial charge < -0.3 is 9.73 Å². The molecule has 0 amide bonds. The fraction of sp³-hybridized carbons (Fsp3) is 0.0833. The molecule has 0 bridgehead atoms. The van der Waals surface area contributed by atoms with Gasteiger partial charge in [0.05, 0.1) is 0 Å². The molecule has 3 heteroatoms. The number of hydrogen-bond acceptors (Lipinski definition) is 3. The zero-order chi connectivity index (χ0) is 10.7. The van der Waals surface area contributed by atoms with Crippen molar-refractivity contribution in [3.63, 3.8) is 0 Å². The molecule has 0 spiro atoms. The van der Waals surface area contributed by atoms with E-state index >= 15 is 0 Å². The third-order valence-electron chi connectivity index (χ3n) is 2.14. The van der Waals surface area contributed by atoms with E-state index in [4.69, 9.17) is 9.68 Å². The topological polar surface area (TPSA) is 49.0 Å². The van der Waals surface area contributed by atoms with E-state index in [9.17, 15) is 0 Å². The molecule has 0 atom stereocenters. The molecule has 0 radical (unpaired) electrons. The Balaban J connectivity index is 2.48. The summed E-state index contributed by atoms with van der Waals surface area (Å²) in [5.74, 6) is 1.22. The predicted molar refractivity (Wildman–Crippen MR) is 58.4 cm³/mol. The first-order chi connectivity index (χ1) is 7.35. The summed E-state index contributed by atoms with van der Waals surface area (Å²) in [5, 5.41) is 11.7. The molecule has 0 aliphatic heterocycles. The molecule has 2 aromatic rings. The molecule has 0 aliphatic carbocycles. The first kappa shape index (κ1) is 9.35. The van der Waals surface area contributed by atoms with Crippen molar-refractivity contribution in [1.82, 2.24) is 0 Å². The van der Waals surface area contributed by atoms with Gasteiger partial charge in [-0.05, 0) is 0 Å². The highest BCUT2D eigenvalue weighted by Crippen LogP contribution is 2.27. The molecule has 1 N–H and O–H groups in total. The van der Waals surface area contributed by atoms with Crippen molar-refractivity contribution in [1.29, 1.82) is 5.26 Å². The second-order valence-electron chi connectivity index (χ2n) is 3.08. The fourth-order valence-electron chi connectivity index (χ4n) is 1.40. The standard InChI is InChI=1S/C12H10N2O/c1-14-12-10(8-13)7-11(15-12)9-5-3-2-4-6-9/h2-7,14H,1H3. The van der Waals surface area contributed by atoms with E-state index in [-0.39, 0.29) is 0 Å². The van der Waals surface area contributed by atoms with Gasteiger partial charge in [-0.25, -0.2) is 0 Å². The van der Waals surface area contributed by atoms with Crippen LogP contribution >= 0.6 is 0 Å². The van der Waals surface area contributed by atoms with E-state index in [1.807, 2.05) is 30.3 Å². The normalized spacial score (nSPS) is 9.60. The Morgan fingerprint density at radius 3 is 2.53 bits per heavy atom. The molecule has 1 aromatic carbocycles. The summed E-state index contributed by atoms with van der Waals surface area (Å²) in [6.45, 7) is 0. The highest BCUT2D eigenvalue weighted by Gasteiger charge is 2.10. The van der Waals surface area contributed by atoms with Gasteiger partial charge in [0, 0.05) is 18.7 Å². The van der Waals surface area contributed by atoms with Crippen molar-refractivity contribution in [2.24, 2.45) is 0 Å². The van der Waals surface area contributed by atoms with Crippen molar-refractivity contribution in [2.75, 3.05) is 12.4 Å². The van der Waals surface area contributed by atoms with E-state index in [1.54, 1.807) is 13.1 Å². The van der Waals surface area contributed by atoms with Gasteiger partial charge in [0.25, 0.3) is 0 Å². The predicted octanol–water partition coefficient (Wildman–Crippen LogP) is 2.86. The van der Waals surface area contributed by atoms with Crippen LogP contribution in [-0.2, 0) is 0 Å². The van der Waals surface area contributed by atoms with Gasteiger partial charge in [-0.2, -0.15) is 5.26 Å². The maximum atomic E-state index is 8.86. The van der Waals surface area contributed by atoms with Gasteiger partial charge in [0.2, 0.25) is 5.88 Å². The quantitative estimate of drug-likeness (QED) is 0.807. The van der Waals surface area contributed by atoms with Crippen LogP contribution in [0.2, 0.25) is 0 Å². The molecule has 0 saturated carbocycles. The number of anilines is 1. The van der Waals surface area contributed by atoms with Gasteiger partial charge in [0.15, 0.2) is 0 Å². The minimum absolute atomic E-state index is 0.511. The number of nitriles is 1. The molecular weight excluding hydrogens is 188 g/mol. The maximum Gasteiger partial charge on any atom is 0.211 e. The van der Waals surface area contributed by atoms with Crippen LogP contribution in [0.3, 0.4) is 0 Å². The Morgan fingerprint density at radius 2 is 2.00 bits per heavy atom. The van der Waals surface area contributed by atoms with E-state index in [0.717, 1.165) is 5.56 Å². The molecular formula is C12H10N2O. The molecule has 1 heterocycles. The Morgan fingerprint density at radius 1 is 1.27 bits per heavy atom. The molecule has 74 valence electrons. The van der Waals surface area contributed by atoms with Crippen molar-refractivity contribution in [3.8, 4) is 17.4 Å². The van der Waals surface area contributed by atoms with Gasteiger partial charge in [-0.15, -0.1) is 0 Å². The second-order valence-corrected chi connectivity index (χ2v) is 3.08. The van der Waals surface area contributed by atoms with Crippen LogP contribution in [0.1, 0.15) is 5.56 Å². The van der Waals surface area contributed by atoms with E-state index in [0.29, 0.717) is 17.2 Å². The smallest absolute Gasteiger partial charge is 0.211 e. The lowest BCUT2D eigenvalue weighted by Gasteiger charge is -1.95. The number of nitrogens with one attached hydrogen (secondary N) is 1. The molecule has 15 heavy (non-hydrogen) atoms. The summed E-state index contributed by atoms with van der Waals surface area (Å²) in [6, 6.07) is 13.5. The molecule has 0 unspecified atom stereocenters. The monoisotopic (exact) mass is 198 g/mol. The van der Waals surface area contributed by atoms with E-state index in [2.05, 4.69) is 11.4 Å². The van der Waals surface area contributed by atoms with Gasteiger partial charge >= 0.3 is 0 Å². The molecule has 0 saturated heterocycles. The average Bonchev–Trinajstić information content (AvgIpc) is 2.73. The van der Waals surface area contributed by atoms with Crippen LogP contribution in [0, 0.1) is 11.3 Å². The third-order valence-corrected chi connectivity index (χ3v) is 2.14. The Bertz CT molecular complexity index is 494. The number of furan rings is 1. The highest BCUT2D eigenvalue weighted by atomic mass is 16.4. The van der Waals surface area contributed by atoms with E-state index in [1.165, 1.54) is 0 Å². The van der Waals surface area contributed by atoms with Crippen molar-refractivity contribution in [2.45, 2.75) is 0 Å². The number of benzene rings is 1. The molecule has 2 rings (SSSR count). The minimum Gasteiger partial charge on any atom is -0.439 e. The average molecular weight is 198 g/mol.